The van der Waals surface area contributed by atoms with Crippen LogP contribution in [0.4, 0.5) is 0 Å². The number of para-hydroxylation sites is 1. The van der Waals surface area contributed by atoms with E-state index in [-0.39, 0.29) is 11.2 Å². The van der Waals surface area contributed by atoms with Crippen molar-refractivity contribution in [1.29, 1.82) is 0 Å². The smallest absolute Gasteiger partial charge is 0.168 e. The van der Waals surface area contributed by atoms with Crippen LogP contribution in [0.3, 0.4) is 0 Å². The van der Waals surface area contributed by atoms with Crippen LogP contribution in [0.1, 0.15) is 26.3 Å². The van der Waals surface area contributed by atoms with Gasteiger partial charge in [-0.2, -0.15) is 0 Å². The molecule has 4 heteroatoms. The second-order valence-corrected chi connectivity index (χ2v) is 9.47. The average molecular weight is 446 g/mol. The van der Waals surface area contributed by atoms with Crippen LogP contribution in [0.5, 0.6) is 5.75 Å². The molecular weight excluding hydrogens is 418 g/mol. The van der Waals surface area contributed by atoms with Crippen molar-refractivity contribution >= 4 is 0 Å². The van der Waals surface area contributed by atoms with Crippen LogP contribution in [0.15, 0.2) is 103 Å². The normalized spacial score (nSPS) is 11.5. The van der Waals surface area contributed by atoms with Crippen LogP contribution >= 0.6 is 0 Å². The summed E-state index contributed by atoms with van der Waals surface area (Å²) in [7, 11) is 0. The molecule has 0 atom stereocenters. The van der Waals surface area contributed by atoms with Crippen LogP contribution < -0.4 is 0 Å². The zero-order valence-corrected chi connectivity index (χ0v) is 19.6. The number of phenolic OH excluding ortho intramolecular Hbond substituents is 1. The van der Waals surface area contributed by atoms with Gasteiger partial charge in [0.2, 0.25) is 0 Å². The molecule has 4 aromatic carbocycles. The zero-order valence-electron chi connectivity index (χ0n) is 19.6. The van der Waals surface area contributed by atoms with E-state index in [1.807, 2.05) is 30.3 Å². The van der Waals surface area contributed by atoms with Gasteiger partial charge in [0.25, 0.3) is 0 Å². The summed E-state index contributed by atoms with van der Waals surface area (Å²) in [4.78, 5) is 0. The van der Waals surface area contributed by atoms with Gasteiger partial charge in [-0.25, -0.2) is 0 Å². The number of aromatic hydroxyl groups is 1. The van der Waals surface area contributed by atoms with E-state index in [1.165, 1.54) is 5.56 Å². The molecular formula is C30H27N3O. The van der Waals surface area contributed by atoms with E-state index in [9.17, 15) is 5.11 Å². The van der Waals surface area contributed by atoms with Gasteiger partial charge in [0, 0.05) is 16.8 Å². The molecule has 0 saturated heterocycles. The Morgan fingerprint density at radius 1 is 0.559 bits per heavy atom. The largest absolute Gasteiger partial charge is 0.508 e. The van der Waals surface area contributed by atoms with E-state index in [0.29, 0.717) is 0 Å². The summed E-state index contributed by atoms with van der Waals surface area (Å²) < 4.78 is 2.11. The van der Waals surface area contributed by atoms with Crippen molar-refractivity contribution in [2.45, 2.75) is 26.2 Å². The molecule has 0 amide bonds. The Morgan fingerprint density at radius 3 is 1.50 bits per heavy atom. The number of nitrogens with zero attached hydrogens (tertiary/aromatic N) is 3. The molecule has 0 spiro atoms. The molecule has 1 N–H and O–H groups in total. The number of hydrogen-bond acceptors (Lipinski definition) is 3. The van der Waals surface area contributed by atoms with Gasteiger partial charge >= 0.3 is 0 Å². The lowest BCUT2D eigenvalue weighted by atomic mass is 9.86. The second-order valence-electron chi connectivity index (χ2n) is 9.47. The van der Waals surface area contributed by atoms with E-state index in [1.54, 1.807) is 12.1 Å². The van der Waals surface area contributed by atoms with Crippen LogP contribution in [-0.2, 0) is 5.41 Å². The van der Waals surface area contributed by atoms with Crippen molar-refractivity contribution < 1.29 is 5.11 Å². The van der Waals surface area contributed by atoms with Gasteiger partial charge in [0.1, 0.15) is 5.75 Å². The third-order valence-corrected chi connectivity index (χ3v) is 6.03. The Hall–Kier alpha value is -4.18. The monoisotopic (exact) mass is 445 g/mol. The fraction of sp³-hybridized carbons (Fsp3) is 0.133. The molecule has 0 radical (unpaired) electrons. The van der Waals surface area contributed by atoms with Crippen molar-refractivity contribution in [3.63, 3.8) is 0 Å². The van der Waals surface area contributed by atoms with Gasteiger partial charge in [0.05, 0.1) is 0 Å². The highest BCUT2D eigenvalue weighted by atomic mass is 16.3. The summed E-state index contributed by atoms with van der Waals surface area (Å²) in [5.41, 5.74) is 6.52. The maximum Gasteiger partial charge on any atom is 0.168 e. The topological polar surface area (TPSA) is 50.9 Å². The lowest BCUT2D eigenvalue weighted by Gasteiger charge is -2.19. The first kappa shape index (κ1) is 21.7. The molecule has 0 fully saturated rings. The van der Waals surface area contributed by atoms with E-state index in [2.05, 4.69) is 96.2 Å². The minimum absolute atomic E-state index is 0.0933. The van der Waals surface area contributed by atoms with Crippen molar-refractivity contribution in [3.05, 3.63) is 109 Å². The van der Waals surface area contributed by atoms with E-state index in [4.69, 9.17) is 0 Å². The maximum atomic E-state index is 9.57. The Morgan fingerprint density at radius 2 is 1.00 bits per heavy atom. The molecule has 5 aromatic rings. The van der Waals surface area contributed by atoms with Gasteiger partial charge in [-0.1, -0.05) is 99.6 Å². The molecule has 34 heavy (non-hydrogen) atoms. The summed E-state index contributed by atoms with van der Waals surface area (Å²) in [5.74, 6) is 1.86. The summed E-state index contributed by atoms with van der Waals surface area (Å²) >= 11 is 0. The summed E-state index contributed by atoms with van der Waals surface area (Å²) in [6.45, 7) is 6.65. The predicted octanol–water partition coefficient (Wildman–Crippen LogP) is 7.27. The SMILES string of the molecule is CC(C)(C)c1ccc(-c2nnc(-c3ccc(-c4ccc(O)cc4)cc3)n2-c2ccccc2)cc1. The molecule has 0 aliphatic heterocycles. The van der Waals surface area contributed by atoms with Crippen LogP contribution in [0.25, 0.3) is 39.6 Å². The fourth-order valence-electron chi connectivity index (χ4n) is 4.06. The quantitative estimate of drug-likeness (QED) is 0.316. The van der Waals surface area contributed by atoms with Gasteiger partial charge in [-0.15, -0.1) is 10.2 Å². The van der Waals surface area contributed by atoms with E-state index < -0.39 is 0 Å². The third-order valence-electron chi connectivity index (χ3n) is 6.03. The van der Waals surface area contributed by atoms with Gasteiger partial charge in [0.15, 0.2) is 11.6 Å². The minimum Gasteiger partial charge on any atom is -0.508 e. The highest BCUT2D eigenvalue weighted by molar-refractivity contribution is 5.71. The zero-order chi connectivity index (χ0) is 23.7. The number of aromatic nitrogens is 3. The Kier molecular flexibility index (Phi) is 5.50. The highest BCUT2D eigenvalue weighted by Gasteiger charge is 2.19. The van der Waals surface area contributed by atoms with Crippen LogP contribution in [0.2, 0.25) is 0 Å². The molecule has 0 saturated carbocycles. The van der Waals surface area contributed by atoms with Crippen molar-refractivity contribution in [3.8, 4) is 45.3 Å². The van der Waals surface area contributed by atoms with Crippen LogP contribution in [-0.4, -0.2) is 19.9 Å². The molecule has 4 nitrogen and oxygen atoms in total. The standard InChI is InChI=1S/C30H27N3O/c1-30(2,3)25-17-13-24(14-18-25)29-32-31-28(33(29)26-7-5-4-6-8-26)23-11-9-21(10-12-23)22-15-19-27(34)20-16-22/h4-20,34H,1-3H3. The van der Waals surface area contributed by atoms with Crippen LogP contribution in [0, 0.1) is 0 Å². The highest BCUT2D eigenvalue weighted by Crippen LogP contribution is 2.31. The number of phenols is 1. The van der Waals surface area contributed by atoms with E-state index in [0.717, 1.165) is 39.6 Å². The maximum absolute atomic E-state index is 9.57. The predicted molar refractivity (Wildman–Crippen MR) is 138 cm³/mol. The van der Waals surface area contributed by atoms with Crippen molar-refractivity contribution in [1.82, 2.24) is 14.8 Å². The lowest BCUT2D eigenvalue weighted by Crippen LogP contribution is -2.10. The number of benzene rings is 4. The third kappa shape index (κ3) is 4.23. The van der Waals surface area contributed by atoms with Gasteiger partial charge < -0.3 is 5.11 Å². The molecule has 168 valence electrons. The Bertz CT molecular complexity index is 1390. The van der Waals surface area contributed by atoms with E-state index >= 15 is 0 Å². The molecule has 0 bridgehead atoms. The molecule has 0 unspecified atom stereocenters. The first-order valence-electron chi connectivity index (χ1n) is 11.4. The Balaban J connectivity index is 1.58. The average Bonchev–Trinajstić information content (AvgIpc) is 3.30. The molecule has 0 aliphatic rings. The fourth-order valence-corrected chi connectivity index (χ4v) is 4.06. The Labute approximate surface area is 200 Å². The summed E-state index contributed by atoms with van der Waals surface area (Å²) in [6, 6.07) is 34.3. The second kappa shape index (κ2) is 8.64. The summed E-state index contributed by atoms with van der Waals surface area (Å²) in [5, 5.41) is 18.8. The first-order chi connectivity index (χ1) is 16.4. The molecule has 5 rings (SSSR count). The van der Waals surface area contributed by atoms with Gasteiger partial charge in [-0.05, 0) is 46.4 Å². The van der Waals surface area contributed by atoms with Gasteiger partial charge in [-0.3, -0.25) is 4.57 Å². The number of hydrogen-bond donors (Lipinski definition) is 1. The molecule has 0 aliphatic carbocycles. The summed E-state index contributed by atoms with van der Waals surface area (Å²) in [6.07, 6.45) is 0. The minimum atomic E-state index is 0.0933. The lowest BCUT2D eigenvalue weighted by molar-refractivity contribution is 0.475. The first-order valence-corrected chi connectivity index (χ1v) is 11.4. The molecule has 1 heterocycles. The molecule has 1 aromatic heterocycles. The number of rotatable bonds is 4. The van der Waals surface area contributed by atoms with Crippen molar-refractivity contribution in [2.75, 3.05) is 0 Å². The van der Waals surface area contributed by atoms with Crippen molar-refractivity contribution in [2.24, 2.45) is 0 Å².